The third kappa shape index (κ3) is 1.58. The van der Waals surface area contributed by atoms with Crippen LogP contribution in [0.1, 0.15) is 23.4 Å². The first-order valence-electron chi connectivity index (χ1n) is 6.94. The van der Waals surface area contributed by atoms with Gasteiger partial charge in [-0.1, -0.05) is 42.5 Å². The van der Waals surface area contributed by atoms with E-state index in [2.05, 4.69) is 36.3 Å². The molecule has 1 aliphatic rings. The first kappa shape index (κ1) is 11.9. The van der Waals surface area contributed by atoms with Gasteiger partial charge in [0, 0.05) is 22.5 Å². The van der Waals surface area contributed by atoms with Crippen LogP contribution in [0.25, 0.3) is 16.8 Å². The number of aromatic nitrogens is 3. The molecule has 0 spiro atoms. The molecule has 100 valence electrons. The fraction of sp³-hybridized carbons (Fsp3) is 0.250. The van der Waals surface area contributed by atoms with E-state index in [1.54, 1.807) is 0 Å². The first-order valence-corrected chi connectivity index (χ1v) is 7.35. The highest BCUT2D eigenvalue weighted by atomic mass is 32.1. The summed E-state index contributed by atoms with van der Waals surface area (Å²) < 4.78 is 2.87. The molecule has 0 atom stereocenters. The average molecular weight is 281 g/mol. The second-order valence-corrected chi connectivity index (χ2v) is 5.72. The minimum Gasteiger partial charge on any atom is -0.295 e. The third-order valence-corrected chi connectivity index (χ3v) is 4.47. The van der Waals surface area contributed by atoms with Gasteiger partial charge in [-0.3, -0.25) is 5.10 Å². The Balaban J connectivity index is 2.11. The summed E-state index contributed by atoms with van der Waals surface area (Å²) in [5.74, 6) is 0. The smallest absolute Gasteiger partial charge is 0.162 e. The van der Waals surface area contributed by atoms with Crippen molar-refractivity contribution >= 4 is 17.9 Å². The summed E-state index contributed by atoms with van der Waals surface area (Å²) in [7, 11) is 0. The second-order valence-electron chi connectivity index (χ2n) is 5.33. The SMILES string of the molecule is Cc1[nH]n2c(=S)c3c(nc2c1-c1ccccc1)CCC3. The van der Waals surface area contributed by atoms with E-state index >= 15 is 0 Å². The highest BCUT2D eigenvalue weighted by Gasteiger charge is 2.20. The van der Waals surface area contributed by atoms with Crippen LogP contribution in [0.4, 0.5) is 0 Å². The van der Waals surface area contributed by atoms with Crippen LogP contribution in [0.3, 0.4) is 0 Å². The molecule has 1 aliphatic carbocycles. The van der Waals surface area contributed by atoms with Gasteiger partial charge in [0.25, 0.3) is 0 Å². The van der Waals surface area contributed by atoms with Crippen LogP contribution >= 0.6 is 12.2 Å². The molecule has 3 nitrogen and oxygen atoms in total. The van der Waals surface area contributed by atoms with Crippen molar-refractivity contribution in [2.75, 3.05) is 0 Å². The molecule has 4 heteroatoms. The van der Waals surface area contributed by atoms with E-state index in [0.29, 0.717) is 0 Å². The van der Waals surface area contributed by atoms with Gasteiger partial charge in [0.2, 0.25) is 0 Å². The summed E-state index contributed by atoms with van der Waals surface area (Å²) in [5, 5.41) is 3.37. The van der Waals surface area contributed by atoms with Crippen molar-refractivity contribution in [3.05, 3.63) is 51.9 Å². The number of hydrogen-bond acceptors (Lipinski definition) is 2. The molecule has 0 radical (unpaired) electrons. The van der Waals surface area contributed by atoms with Crippen LogP contribution in [-0.2, 0) is 12.8 Å². The fourth-order valence-corrected chi connectivity index (χ4v) is 3.46. The highest BCUT2D eigenvalue weighted by Crippen LogP contribution is 2.30. The Kier molecular flexibility index (Phi) is 2.54. The second kappa shape index (κ2) is 4.28. The van der Waals surface area contributed by atoms with Gasteiger partial charge in [-0.2, -0.15) is 0 Å². The van der Waals surface area contributed by atoms with Gasteiger partial charge in [-0.15, -0.1) is 0 Å². The Bertz CT molecular complexity index is 859. The Morgan fingerprint density at radius 3 is 2.80 bits per heavy atom. The number of rotatable bonds is 1. The molecule has 0 unspecified atom stereocenters. The van der Waals surface area contributed by atoms with Crippen molar-refractivity contribution in [1.82, 2.24) is 14.6 Å². The van der Waals surface area contributed by atoms with Crippen LogP contribution in [0.15, 0.2) is 30.3 Å². The summed E-state index contributed by atoms with van der Waals surface area (Å²) in [6.45, 7) is 2.08. The summed E-state index contributed by atoms with van der Waals surface area (Å²) in [5.41, 5.74) is 6.84. The number of benzene rings is 1. The summed E-state index contributed by atoms with van der Waals surface area (Å²) in [6.07, 6.45) is 3.27. The van der Waals surface area contributed by atoms with Gasteiger partial charge in [0.15, 0.2) is 5.65 Å². The molecule has 1 N–H and O–H groups in total. The minimum absolute atomic E-state index is 0.896. The van der Waals surface area contributed by atoms with E-state index in [0.717, 1.165) is 34.4 Å². The molecule has 4 rings (SSSR count). The van der Waals surface area contributed by atoms with Crippen molar-refractivity contribution in [3.63, 3.8) is 0 Å². The van der Waals surface area contributed by atoms with Crippen molar-refractivity contribution in [2.45, 2.75) is 26.2 Å². The lowest BCUT2D eigenvalue weighted by atomic mass is 10.1. The molecule has 0 saturated heterocycles. The molecular formula is C16H15N3S. The van der Waals surface area contributed by atoms with Gasteiger partial charge in [0.05, 0.1) is 0 Å². The summed E-state index contributed by atoms with van der Waals surface area (Å²) >= 11 is 5.63. The summed E-state index contributed by atoms with van der Waals surface area (Å²) in [4.78, 5) is 4.88. The normalized spacial score (nSPS) is 13.8. The zero-order chi connectivity index (χ0) is 13.7. The van der Waals surface area contributed by atoms with E-state index in [4.69, 9.17) is 17.2 Å². The maximum Gasteiger partial charge on any atom is 0.162 e. The predicted octanol–water partition coefficient (Wildman–Crippen LogP) is 3.86. The van der Waals surface area contributed by atoms with Gasteiger partial charge < -0.3 is 0 Å². The molecule has 0 aliphatic heterocycles. The summed E-state index contributed by atoms with van der Waals surface area (Å²) in [6, 6.07) is 10.4. The lowest BCUT2D eigenvalue weighted by Crippen LogP contribution is -1.99. The lowest BCUT2D eigenvalue weighted by molar-refractivity contribution is 0.881. The number of nitrogens with zero attached hydrogens (tertiary/aromatic N) is 2. The standard InChI is InChI=1S/C16H15N3S/c1-10-14(11-6-3-2-4-7-11)15-17-13-9-5-8-12(13)16(20)19(15)18-10/h2-4,6-7,18H,5,8-9H2,1H3. The molecule has 0 amide bonds. The maximum absolute atomic E-state index is 5.63. The predicted molar refractivity (Wildman–Crippen MR) is 82.6 cm³/mol. The molecule has 2 aromatic heterocycles. The molecular weight excluding hydrogens is 266 g/mol. The average Bonchev–Trinajstić information content (AvgIpc) is 3.04. The van der Waals surface area contributed by atoms with Gasteiger partial charge in [-0.05, 0) is 31.7 Å². The number of aromatic amines is 1. The monoisotopic (exact) mass is 281 g/mol. The topological polar surface area (TPSA) is 33.1 Å². The zero-order valence-corrected chi connectivity index (χ0v) is 12.1. The van der Waals surface area contributed by atoms with E-state index in [-0.39, 0.29) is 0 Å². The number of fused-ring (bicyclic) bond motifs is 2. The Hall–Kier alpha value is -1.94. The Labute approximate surface area is 122 Å². The number of H-pyrrole nitrogens is 1. The van der Waals surface area contributed by atoms with Gasteiger partial charge in [0.1, 0.15) is 4.64 Å². The first-order chi connectivity index (χ1) is 9.75. The zero-order valence-electron chi connectivity index (χ0n) is 11.3. The van der Waals surface area contributed by atoms with Crippen LogP contribution in [0.5, 0.6) is 0 Å². The minimum atomic E-state index is 0.896. The van der Waals surface area contributed by atoms with Crippen molar-refractivity contribution in [2.24, 2.45) is 0 Å². The third-order valence-electron chi connectivity index (χ3n) is 4.04. The maximum atomic E-state index is 5.63. The van der Waals surface area contributed by atoms with Crippen molar-refractivity contribution in [1.29, 1.82) is 0 Å². The van der Waals surface area contributed by atoms with Gasteiger partial charge in [-0.25, -0.2) is 9.50 Å². The van der Waals surface area contributed by atoms with E-state index in [1.807, 2.05) is 10.6 Å². The van der Waals surface area contributed by atoms with E-state index < -0.39 is 0 Å². The molecule has 2 heterocycles. The molecule has 20 heavy (non-hydrogen) atoms. The quantitative estimate of drug-likeness (QED) is 0.687. The number of hydrogen-bond donors (Lipinski definition) is 1. The molecule has 0 saturated carbocycles. The number of aryl methyl sites for hydroxylation is 2. The van der Waals surface area contributed by atoms with Crippen LogP contribution < -0.4 is 0 Å². The lowest BCUT2D eigenvalue weighted by Gasteiger charge is -2.03. The molecule has 1 aromatic carbocycles. The molecule has 0 bridgehead atoms. The molecule has 3 aromatic rings. The van der Waals surface area contributed by atoms with Crippen molar-refractivity contribution < 1.29 is 0 Å². The van der Waals surface area contributed by atoms with Crippen LogP contribution in [-0.4, -0.2) is 14.6 Å². The Morgan fingerprint density at radius 2 is 2.00 bits per heavy atom. The van der Waals surface area contributed by atoms with Crippen LogP contribution in [0.2, 0.25) is 0 Å². The van der Waals surface area contributed by atoms with Crippen LogP contribution in [0, 0.1) is 11.6 Å². The number of nitrogens with one attached hydrogen (secondary N) is 1. The molecule has 0 fully saturated rings. The highest BCUT2D eigenvalue weighted by molar-refractivity contribution is 7.71. The van der Waals surface area contributed by atoms with Gasteiger partial charge >= 0.3 is 0 Å². The Morgan fingerprint density at radius 1 is 1.20 bits per heavy atom. The van der Waals surface area contributed by atoms with Crippen molar-refractivity contribution in [3.8, 4) is 11.1 Å². The van der Waals surface area contributed by atoms with E-state index in [1.165, 1.54) is 23.2 Å². The largest absolute Gasteiger partial charge is 0.295 e. The van der Waals surface area contributed by atoms with E-state index in [9.17, 15) is 0 Å². The fourth-order valence-electron chi connectivity index (χ4n) is 3.10.